The highest BCUT2D eigenvalue weighted by atomic mass is 32.2. The first kappa shape index (κ1) is 22.8. The number of aryl methyl sites for hydroxylation is 1. The summed E-state index contributed by atoms with van der Waals surface area (Å²) in [5.41, 5.74) is 2.66. The maximum absolute atomic E-state index is 12.9. The van der Waals surface area contributed by atoms with E-state index in [-0.39, 0.29) is 17.7 Å². The largest absolute Gasteiger partial charge is 0.490 e. The molecule has 1 aromatic heterocycles. The number of esters is 1. The number of thiophene rings is 1. The summed E-state index contributed by atoms with van der Waals surface area (Å²) in [4.78, 5) is 39.7. The topological polar surface area (TPSA) is 72.9 Å². The Morgan fingerprint density at radius 1 is 1.06 bits per heavy atom. The lowest BCUT2D eigenvalue weighted by atomic mass is 10.1. The number of amides is 2. The van der Waals surface area contributed by atoms with Crippen molar-refractivity contribution in [3.8, 4) is 11.5 Å². The molecule has 2 heterocycles. The van der Waals surface area contributed by atoms with E-state index in [1.165, 1.54) is 16.2 Å². The molecule has 8 heteroatoms. The average Bonchev–Trinajstić information content (AvgIpc) is 3.42. The summed E-state index contributed by atoms with van der Waals surface area (Å²) in [5, 5.41) is 1.49. The summed E-state index contributed by atoms with van der Waals surface area (Å²) < 4.78 is 11.1. The second-order valence-electron chi connectivity index (χ2n) is 7.26. The number of carbonyl (C=O) groups excluding carboxylic acids is 3. The minimum Gasteiger partial charge on any atom is -0.490 e. The first-order valence-electron chi connectivity index (χ1n) is 10.3. The zero-order valence-electron chi connectivity index (χ0n) is 18.1. The van der Waals surface area contributed by atoms with Gasteiger partial charge in [0.1, 0.15) is 4.88 Å². The van der Waals surface area contributed by atoms with E-state index in [4.69, 9.17) is 9.47 Å². The van der Waals surface area contributed by atoms with Crippen LogP contribution in [0.1, 0.15) is 33.3 Å². The number of ether oxygens (including phenoxy) is 2. The summed E-state index contributed by atoms with van der Waals surface area (Å²) in [5.74, 6) is -0.123. The minimum atomic E-state index is -0.462. The zero-order valence-corrected chi connectivity index (χ0v) is 19.7. The van der Waals surface area contributed by atoms with Crippen LogP contribution in [0, 0.1) is 6.92 Å². The molecule has 6 nitrogen and oxygen atoms in total. The molecule has 33 heavy (non-hydrogen) atoms. The van der Waals surface area contributed by atoms with Gasteiger partial charge < -0.3 is 9.47 Å². The highest BCUT2D eigenvalue weighted by Gasteiger charge is 2.35. The van der Waals surface area contributed by atoms with Crippen molar-refractivity contribution >= 4 is 46.3 Å². The number of benzene rings is 2. The summed E-state index contributed by atoms with van der Waals surface area (Å²) in [6, 6.07) is 16.2. The Morgan fingerprint density at radius 3 is 2.55 bits per heavy atom. The fraction of sp³-hybridized carbons (Fsp3) is 0.160. The van der Waals surface area contributed by atoms with Crippen LogP contribution in [0.25, 0.3) is 6.08 Å². The number of hydrogen-bond acceptors (Lipinski definition) is 7. The van der Waals surface area contributed by atoms with E-state index in [2.05, 4.69) is 0 Å². The number of carbonyl (C=O) groups is 3. The van der Waals surface area contributed by atoms with Crippen molar-refractivity contribution in [2.24, 2.45) is 0 Å². The van der Waals surface area contributed by atoms with Crippen LogP contribution in [0.5, 0.6) is 11.5 Å². The second kappa shape index (κ2) is 10.1. The summed E-state index contributed by atoms with van der Waals surface area (Å²) in [6.45, 7) is 4.41. The molecule has 3 aromatic rings. The van der Waals surface area contributed by atoms with Crippen molar-refractivity contribution in [2.45, 2.75) is 20.4 Å². The van der Waals surface area contributed by atoms with Gasteiger partial charge in [-0.25, -0.2) is 4.79 Å². The summed E-state index contributed by atoms with van der Waals surface area (Å²) in [7, 11) is 0. The molecule has 0 spiro atoms. The van der Waals surface area contributed by atoms with Crippen molar-refractivity contribution in [1.29, 1.82) is 0 Å². The van der Waals surface area contributed by atoms with Gasteiger partial charge in [0.15, 0.2) is 11.5 Å². The number of nitrogens with zero attached hydrogens (tertiary/aromatic N) is 1. The highest BCUT2D eigenvalue weighted by Crippen LogP contribution is 2.35. The molecule has 1 fully saturated rings. The Bertz CT molecular complexity index is 1220. The zero-order chi connectivity index (χ0) is 23.4. The van der Waals surface area contributed by atoms with E-state index in [9.17, 15) is 14.4 Å². The summed E-state index contributed by atoms with van der Waals surface area (Å²) in [6.07, 6.45) is 1.65. The van der Waals surface area contributed by atoms with Gasteiger partial charge in [0.2, 0.25) is 0 Å². The maximum Gasteiger partial charge on any atom is 0.353 e. The predicted molar refractivity (Wildman–Crippen MR) is 130 cm³/mol. The number of hydrogen-bond donors (Lipinski definition) is 0. The van der Waals surface area contributed by atoms with Crippen LogP contribution < -0.4 is 9.47 Å². The number of rotatable bonds is 7. The van der Waals surface area contributed by atoms with E-state index >= 15 is 0 Å². The van der Waals surface area contributed by atoms with Crippen molar-refractivity contribution in [2.75, 3.05) is 6.61 Å². The Balaban J connectivity index is 1.53. The Hall–Kier alpha value is -3.36. The first-order valence-corrected chi connectivity index (χ1v) is 12.0. The molecule has 0 atom stereocenters. The van der Waals surface area contributed by atoms with Crippen LogP contribution >= 0.6 is 23.1 Å². The Kier molecular flexibility index (Phi) is 6.96. The molecule has 0 saturated carbocycles. The molecule has 0 unspecified atom stereocenters. The van der Waals surface area contributed by atoms with Gasteiger partial charge in [-0.3, -0.25) is 14.5 Å². The first-order chi connectivity index (χ1) is 15.9. The standard InChI is InChI=1S/C25H21NO5S2/c1-3-30-20-13-18(10-11-19(20)31-24(28)21-5-4-12-32-21)14-22-23(27)26(25(29)33-22)15-17-8-6-16(2)7-9-17/h4-14H,3,15H2,1-2H3/b22-14-. The molecule has 4 rings (SSSR count). The van der Waals surface area contributed by atoms with E-state index in [1.54, 1.807) is 41.8 Å². The van der Waals surface area contributed by atoms with Crippen LogP contribution in [-0.2, 0) is 11.3 Å². The van der Waals surface area contributed by atoms with E-state index in [1.807, 2.05) is 38.1 Å². The lowest BCUT2D eigenvalue weighted by molar-refractivity contribution is -0.123. The molecule has 2 aromatic carbocycles. The lowest BCUT2D eigenvalue weighted by Gasteiger charge is -2.12. The number of thioether (sulfide) groups is 1. The van der Waals surface area contributed by atoms with Crippen LogP contribution in [0.3, 0.4) is 0 Å². The number of imide groups is 1. The minimum absolute atomic E-state index is 0.226. The van der Waals surface area contributed by atoms with Gasteiger partial charge in [-0.05, 0) is 66.4 Å². The molecule has 2 amide bonds. The van der Waals surface area contributed by atoms with Gasteiger partial charge in [0, 0.05) is 0 Å². The quantitative estimate of drug-likeness (QED) is 0.238. The molecule has 168 valence electrons. The Morgan fingerprint density at radius 2 is 1.85 bits per heavy atom. The monoisotopic (exact) mass is 479 g/mol. The van der Waals surface area contributed by atoms with Gasteiger partial charge in [-0.2, -0.15) is 0 Å². The molecule has 1 aliphatic rings. The highest BCUT2D eigenvalue weighted by molar-refractivity contribution is 8.18. The van der Waals surface area contributed by atoms with Crippen LogP contribution in [0.15, 0.2) is 64.9 Å². The fourth-order valence-electron chi connectivity index (χ4n) is 3.18. The fourth-order valence-corrected chi connectivity index (χ4v) is 4.61. The normalized spacial score (nSPS) is 14.7. The maximum atomic E-state index is 12.9. The van der Waals surface area contributed by atoms with Gasteiger partial charge in [-0.15, -0.1) is 11.3 Å². The van der Waals surface area contributed by atoms with Gasteiger partial charge in [-0.1, -0.05) is 42.0 Å². The molecular formula is C25H21NO5S2. The Labute approximate surface area is 199 Å². The smallest absolute Gasteiger partial charge is 0.353 e. The average molecular weight is 480 g/mol. The van der Waals surface area contributed by atoms with E-state index in [0.717, 1.165) is 22.9 Å². The molecule has 1 aliphatic heterocycles. The van der Waals surface area contributed by atoms with Crippen molar-refractivity contribution in [3.05, 3.63) is 86.5 Å². The summed E-state index contributed by atoms with van der Waals surface area (Å²) >= 11 is 2.20. The van der Waals surface area contributed by atoms with Gasteiger partial charge in [0.25, 0.3) is 11.1 Å². The van der Waals surface area contributed by atoms with Crippen LogP contribution in [-0.4, -0.2) is 28.6 Å². The van der Waals surface area contributed by atoms with Crippen molar-refractivity contribution < 1.29 is 23.9 Å². The predicted octanol–water partition coefficient (Wildman–Crippen LogP) is 5.91. The second-order valence-corrected chi connectivity index (χ2v) is 9.20. The SMILES string of the molecule is CCOc1cc(/C=C2\SC(=O)N(Cc3ccc(C)cc3)C2=O)ccc1OC(=O)c1cccs1. The van der Waals surface area contributed by atoms with Crippen molar-refractivity contribution in [1.82, 2.24) is 4.90 Å². The van der Waals surface area contributed by atoms with Crippen LogP contribution in [0.2, 0.25) is 0 Å². The van der Waals surface area contributed by atoms with E-state index < -0.39 is 5.97 Å². The molecule has 0 bridgehead atoms. The van der Waals surface area contributed by atoms with Crippen molar-refractivity contribution in [3.63, 3.8) is 0 Å². The third-order valence-electron chi connectivity index (χ3n) is 4.83. The van der Waals surface area contributed by atoms with Crippen LogP contribution in [0.4, 0.5) is 4.79 Å². The molecule has 0 radical (unpaired) electrons. The molecule has 0 aliphatic carbocycles. The van der Waals surface area contributed by atoms with Gasteiger partial charge >= 0.3 is 5.97 Å². The van der Waals surface area contributed by atoms with Gasteiger partial charge in [0.05, 0.1) is 18.1 Å². The third-order valence-corrected chi connectivity index (χ3v) is 6.58. The lowest BCUT2D eigenvalue weighted by Crippen LogP contribution is -2.27. The molecule has 1 saturated heterocycles. The third kappa shape index (κ3) is 5.35. The molecule has 0 N–H and O–H groups in total. The van der Waals surface area contributed by atoms with E-state index in [0.29, 0.717) is 33.5 Å². The molecular weight excluding hydrogens is 458 g/mol.